The van der Waals surface area contributed by atoms with Crippen LogP contribution in [-0.2, 0) is 9.59 Å². The normalized spacial score (nSPS) is 33.8. The van der Waals surface area contributed by atoms with Gasteiger partial charge in [-0.2, -0.15) is 0 Å². The second-order valence-electron chi connectivity index (χ2n) is 9.40. The summed E-state index contributed by atoms with van der Waals surface area (Å²) < 4.78 is 0. The Morgan fingerprint density at radius 1 is 0.909 bits per heavy atom. The highest BCUT2D eigenvalue weighted by Gasteiger charge is 2.69. The first kappa shape index (κ1) is 19.6. The maximum absolute atomic E-state index is 13.6. The molecule has 2 aliphatic carbocycles. The second kappa shape index (κ2) is 6.84. The van der Waals surface area contributed by atoms with Crippen LogP contribution in [0, 0.1) is 29.6 Å². The standard InChI is InChI=1S/C25H20N2O4S2/c28-13-8-6-11(7-9-13)16-17-14-10-15(20(17)32-22-21(16)33-25(31)26-22)19-18(14)23(29)27(24(19)30)12-4-2-1-3-5-12/h1-9,14-20,28H,10H2,(H,26,31)/t14-,15+,16+,17+,18-,19-,20-/m0/s1. The predicted molar refractivity (Wildman–Crippen MR) is 126 cm³/mol. The Balaban J connectivity index is 1.34. The number of thiazole rings is 1. The van der Waals surface area contributed by atoms with E-state index >= 15 is 0 Å². The van der Waals surface area contributed by atoms with Gasteiger partial charge in [0.05, 0.1) is 22.5 Å². The molecular formula is C25H20N2O4S2. The SMILES string of the molecule is O=C1[C@H]2[C@H]3C[C@@H]([C@@H]4Sc5[nH]c(=O)sc5[C@H](c5ccc(O)cc5)[C@@H]34)[C@@H]2C(=O)N1c1ccccc1. The summed E-state index contributed by atoms with van der Waals surface area (Å²) >= 11 is 2.93. The number of anilines is 1. The zero-order chi connectivity index (χ0) is 22.4. The van der Waals surface area contributed by atoms with Gasteiger partial charge in [-0.25, -0.2) is 0 Å². The Morgan fingerprint density at radius 2 is 1.61 bits per heavy atom. The lowest BCUT2D eigenvalue weighted by atomic mass is 9.68. The van der Waals surface area contributed by atoms with Crippen LogP contribution in [0.2, 0.25) is 0 Å². The zero-order valence-electron chi connectivity index (χ0n) is 17.4. The van der Waals surface area contributed by atoms with Crippen LogP contribution in [0.1, 0.15) is 22.8 Å². The van der Waals surface area contributed by atoms with Crippen molar-refractivity contribution in [3.8, 4) is 5.75 Å². The minimum Gasteiger partial charge on any atom is -0.508 e. The van der Waals surface area contributed by atoms with Crippen LogP contribution in [-0.4, -0.2) is 27.2 Å². The molecule has 166 valence electrons. The number of fused-ring (bicyclic) bond motifs is 9. The summed E-state index contributed by atoms with van der Waals surface area (Å²) in [5.74, 6) is -0.213. The van der Waals surface area contributed by atoms with Gasteiger partial charge in [0, 0.05) is 16.0 Å². The van der Waals surface area contributed by atoms with Crippen molar-refractivity contribution in [3.63, 3.8) is 0 Å². The lowest BCUT2D eigenvalue weighted by Gasteiger charge is -2.43. The molecule has 8 heteroatoms. The van der Waals surface area contributed by atoms with E-state index in [-0.39, 0.29) is 63.2 Å². The Kier molecular flexibility index (Phi) is 4.06. The van der Waals surface area contributed by atoms with Crippen molar-refractivity contribution in [1.82, 2.24) is 4.98 Å². The molecule has 2 saturated carbocycles. The van der Waals surface area contributed by atoms with Gasteiger partial charge in [0.2, 0.25) is 11.8 Å². The fraction of sp³-hybridized carbons (Fsp3) is 0.320. The van der Waals surface area contributed by atoms with Gasteiger partial charge in [0.1, 0.15) is 5.75 Å². The number of nitrogens with zero attached hydrogens (tertiary/aromatic N) is 1. The Bertz CT molecular complexity index is 1350. The number of aromatic hydroxyl groups is 1. The number of benzene rings is 2. The van der Waals surface area contributed by atoms with Crippen LogP contribution in [0.3, 0.4) is 0 Å². The summed E-state index contributed by atoms with van der Waals surface area (Å²) in [6.45, 7) is 0. The van der Waals surface area contributed by atoms with E-state index in [0.717, 1.165) is 21.9 Å². The van der Waals surface area contributed by atoms with Crippen molar-refractivity contribution in [2.45, 2.75) is 22.6 Å². The van der Waals surface area contributed by atoms with Crippen molar-refractivity contribution in [2.75, 3.05) is 4.90 Å². The number of thioether (sulfide) groups is 1. The third-order valence-electron chi connectivity index (χ3n) is 7.99. The van der Waals surface area contributed by atoms with Crippen LogP contribution < -0.4 is 9.77 Å². The summed E-state index contributed by atoms with van der Waals surface area (Å²) in [6.07, 6.45) is 0.867. The molecule has 2 aliphatic heterocycles. The number of aromatic amines is 1. The number of phenolic OH excluding ortho intramolecular Hbond substituents is 1. The summed E-state index contributed by atoms with van der Waals surface area (Å²) in [5.41, 5.74) is 1.69. The van der Waals surface area contributed by atoms with E-state index in [1.54, 1.807) is 23.9 Å². The molecule has 33 heavy (non-hydrogen) atoms. The van der Waals surface area contributed by atoms with E-state index in [4.69, 9.17) is 0 Å². The molecule has 3 aromatic rings. The minimum atomic E-state index is -0.304. The van der Waals surface area contributed by atoms with Gasteiger partial charge >= 0.3 is 4.87 Å². The van der Waals surface area contributed by atoms with Crippen molar-refractivity contribution in [2.24, 2.45) is 29.6 Å². The first-order chi connectivity index (χ1) is 16.0. The van der Waals surface area contributed by atoms with Gasteiger partial charge in [-0.15, -0.1) is 11.8 Å². The summed E-state index contributed by atoms with van der Waals surface area (Å²) in [7, 11) is 0. The number of H-pyrrole nitrogens is 1. The van der Waals surface area contributed by atoms with Crippen LogP contribution in [0.15, 0.2) is 64.4 Å². The van der Waals surface area contributed by atoms with E-state index < -0.39 is 0 Å². The van der Waals surface area contributed by atoms with Crippen molar-refractivity contribution in [1.29, 1.82) is 0 Å². The molecule has 2 aromatic carbocycles. The minimum absolute atomic E-state index is 0.0274. The quantitative estimate of drug-likeness (QED) is 0.549. The molecule has 0 radical (unpaired) electrons. The summed E-state index contributed by atoms with van der Waals surface area (Å²) in [6, 6.07) is 16.4. The third kappa shape index (κ3) is 2.59. The second-order valence-corrected chi connectivity index (χ2v) is 11.6. The number of nitrogens with one attached hydrogen (secondary N) is 1. The van der Waals surface area contributed by atoms with Gasteiger partial charge in [-0.1, -0.05) is 41.7 Å². The fourth-order valence-electron chi connectivity index (χ4n) is 6.90. The fourth-order valence-corrected chi connectivity index (χ4v) is 9.79. The Morgan fingerprint density at radius 3 is 2.33 bits per heavy atom. The molecule has 2 N–H and O–H groups in total. The molecule has 6 nitrogen and oxygen atoms in total. The number of hydrogen-bond donors (Lipinski definition) is 2. The predicted octanol–water partition coefficient (Wildman–Crippen LogP) is 3.82. The van der Waals surface area contributed by atoms with E-state index in [1.165, 1.54) is 16.2 Å². The molecule has 2 amide bonds. The van der Waals surface area contributed by atoms with Crippen LogP contribution in [0.5, 0.6) is 5.75 Å². The van der Waals surface area contributed by atoms with Crippen LogP contribution in [0.25, 0.3) is 0 Å². The maximum Gasteiger partial charge on any atom is 0.305 e. The number of imide groups is 1. The van der Waals surface area contributed by atoms with E-state index in [0.29, 0.717) is 5.69 Å². The highest BCUT2D eigenvalue weighted by molar-refractivity contribution is 8.00. The first-order valence-electron chi connectivity index (χ1n) is 11.1. The first-order valence-corrected chi connectivity index (χ1v) is 12.8. The molecule has 7 rings (SSSR count). The molecule has 3 heterocycles. The van der Waals surface area contributed by atoms with E-state index in [2.05, 4.69) is 4.98 Å². The zero-order valence-corrected chi connectivity index (χ0v) is 19.0. The topological polar surface area (TPSA) is 90.5 Å². The Hall–Kier alpha value is -2.84. The van der Waals surface area contributed by atoms with E-state index in [9.17, 15) is 19.5 Å². The molecule has 1 saturated heterocycles. The van der Waals surface area contributed by atoms with Crippen LogP contribution >= 0.6 is 23.1 Å². The van der Waals surface area contributed by atoms with Gasteiger partial charge in [0.25, 0.3) is 0 Å². The number of phenols is 1. The number of hydrogen-bond acceptors (Lipinski definition) is 6. The molecule has 7 atom stereocenters. The number of carbonyl (C=O) groups is 2. The van der Waals surface area contributed by atoms with Gasteiger partial charge in [-0.3, -0.25) is 19.3 Å². The molecule has 4 aliphatic rings. The Labute approximate surface area is 197 Å². The number of rotatable bonds is 2. The maximum atomic E-state index is 13.6. The highest BCUT2D eigenvalue weighted by Crippen LogP contribution is 2.68. The van der Waals surface area contributed by atoms with Crippen LogP contribution in [0.4, 0.5) is 5.69 Å². The number of amides is 2. The number of carbonyl (C=O) groups excluding carboxylic acids is 2. The van der Waals surface area contributed by atoms with Crippen molar-refractivity contribution < 1.29 is 14.7 Å². The van der Waals surface area contributed by atoms with Crippen molar-refractivity contribution in [3.05, 3.63) is 74.7 Å². The lowest BCUT2D eigenvalue weighted by Crippen LogP contribution is -2.42. The van der Waals surface area contributed by atoms with Gasteiger partial charge in [0.15, 0.2) is 0 Å². The lowest BCUT2D eigenvalue weighted by molar-refractivity contribution is -0.123. The molecule has 0 unspecified atom stereocenters. The molecule has 0 spiro atoms. The molecular weight excluding hydrogens is 456 g/mol. The smallest absolute Gasteiger partial charge is 0.305 e. The van der Waals surface area contributed by atoms with Crippen molar-refractivity contribution >= 4 is 40.6 Å². The van der Waals surface area contributed by atoms with E-state index in [1.807, 2.05) is 42.5 Å². The third-order valence-corrected chi connectivity index (χ3v) is 10.6. The average Bonchev–Trinajstić information content (AvgIpc) is 3.54. The number of aromatic nitrogens is 1. The van der Waals surface area contributed by atoms with Gasteiger partial charge in [-0.05, 0) is 54.0 Å². The molecule has 1 aromatic heterocycles. The summed E-state index contributed by atoms with van der Waals surface area (Å²) in [4.78, 5) is 44.8. The molecule has 2 bridgehead atoms. The van der Waals surface area contributed by atoms with Gasteiger partial charge < -0.3 is 10.1 Å². The highest BCUT2D eigenvalue weighted by atomic mass is 32.2. The molecule has 3 fully saturated rings. The number of para-hydroxylation sites is 1. The summed E-state index contributed by atoms with van der Waals surface area (Å²) in [5, 5.41) is 10.9. The monoisotopic (exact) mass is 476 g/mol. The average molecular weight is 477 g/mol. The largest absolute Gasteiger partial charge is 0.508 e.